The van der Waals surface area contributed by atoms with E-state index >= 15 is 0 Å². The van der Waals surface area contributed by atoms with Crippen molar-refractivity contribution in [2.24, 2.45) is 0 Å². The molecule has 1 saturated heterocycles. The van der Waals surface area contributed by atoms with Gasteiger partial charge in [0.05, 0.1) is 12.8 Å². The Kier molecular flexibility index (Phi) is 4.31. The van der Waals surface area contributed by atoms with Gasteiger partial charge in [0.1, 0.15) is 5.75 Å². The van der Waals surface area contributed by atoms with Gasteiger partial charge in [-0.2, -0.15) is 0 Å². The minimum absolute atomic E-state index is 0.793. The van der Waals surface area contributed by atoms with Gasteiger partial charge in [-0.25, -0.2) is 0 Å². The normalized spacial score (nSPS) is 16.9. The largest absolute Gasteiger partial charge is 0.495 e. The minimum Gasteiger partial charge on any atom is -0.495 e. The summed E-state index contributed by atoms with van der Waals surface area (Å²) in [6.07, 6.45) is 1.22. The molecule has 0 aliphatic carbocycles. The zero-order chi connectivity index (χ0) is 13.0. The quantitative estimate of drug-likeness (QED) is 0.826. The van der Waals surface area contributed by atoms with Crippen molar-refractivity contribution in [1.29, 1.82) is 0 Å². The van der Waals surface area contributed by atoms with Crippen LogP contribution in [0, 0.1) is 0 Å². The van der Waals surface area contributed by atoms with Crippen molar-refractivity contribution in [3.8, 4) is 5.75 Å². The molecule has 0 bridgehead atoms. The number of nitrogens with zero attached hydrogens (tertiary/aromatic N) is 2. The number of ether oxygens (including phenoxy) is 1. The topological polar surface area (TPSA) is 41.7 Å². The smallest absolute Gasteiger partial charge is 0.142 e. The highest BCUT2D eigenvalue weighted by Gasteiger charge is 2.19. The lowest BCUT2D eigenvalue weighted by molar-refractivity contribution is 0.257. The van der Waals surface area contributed by atoms with Crippen LogP contribution in [0.15, 0.2) is 18.2 Å². The molecule has 0 unspecified atom stereocenters. The van der Waals surface area contributed by atoms with Gasteiger partial charge < -0.3 is 15.4 Å². The van der Waals surface area contributed by atoms with E-state index in [9.17, 15) is 0 Å². The lowest BCUT2D eigenvalue weighted by Crippen LogP contribution is -2.46. The summed E-state index contributed by atoms with van der Waals surface area (Å²) in [7, 11) is 1.71. The predicted molar refractivity (Wildman–Crippen MR) is 76.4 cm³/mol. The van der Waals surface area contributed by atoms with E-state index < -0.39 is 0 Å². The van der Waals surface area contributed by atoms with Gasteiger partial charge in [-0.3, -0.25) is 4.90 Å². The number of nitrogens with two attached hydrogens (primary N) is 1. The zero-order valence-corrected chi connectivity index (χ0v) is 11.4. The third-order valence-electron chi connectivity index (χ3n) is 3.46. The summed E-state index contributed by atoms with van der Waals surface area (Å²) in [5.41, 5.74) is 7.78. The van der Waals surface area contributed by atoms with E-state index in [1.807, 2.05) is 18.2 Å². The maximum Gasteiger partial charge on any atom is 0.142 e. The van der Waals surface area contributed by atoms with Crippen molar-refractivity contribution in [3.05, 3.63) is 18.2 Å². The number of piperazine rings is 1. The van der Waals surface area contributed by atoms with Crippen LogP contribution in [0.3, 0.4) is 0 Å². The van der Waals surface area contributed by atoms with Gasteiger partial charge in [-0.05, 0) is 31.2 Å². The number of nitrogen functional groups attached to an aromatic ring is 1. The van der Waals surface area contributed by atoms with Crippen molar-refractivity contribution in [2.75, 3.05) is 50.5 Å². The number of hydrogen-bond donors (Lipinski definition) is 1. The summed E-state index contributed by atoms with van der Waals surface area (Å²) in [6.45, 7) is 7.74. The molecular formula is C14H23N3O. The SMILES string of the molecule is CCCN1CCN(c2cc(N)ccc2OC)CC1. The van der Waals surface area contributed by atoms with Crippen LogP contribution in [-0.4, -0.2) is 44.7 Å². The Hall–Kier alpha value is -1.42. The molecule has 1 fully saturated rings. The van der Waals surface area contributed by atoms with Crippen molar-refractivity contribution in [1.82, 2.24) is 4.90 Å². The first-order chi connectivity index (χ1) is 8.74. The number of rotatable bonds is 4. The Balaban J connectivity index is 2.06. The van der Waals surface area contributed by atoms with Gasteiger partial charge in [0, 0.05) is 31.9 Å². The highest BCUT2D eigenvalue weighted by Crippen LogP contribution is 2.30. The van der Waals surface area contributed by atoms with E-state index in [1.54, 1.807) is 7.11 Å². The molecule has 1 heterocycles. The van der Waals surface area contributed by atoms with E-state index in [0.29, 0.717) is 0 Å². The second-order valence-corrected chi connectivity index (χ2v) is 4.76. The molecule has 18 heavy (non-hydrogen) atoms. The van der Waals surface area contributed by atoms with Gasteiger partial charge in [0.15, 0.2) is 0 Å². The number of hydrogen-bond acceptors (Lipinski definition) is 4. The van der Waals surface area contributed by atoms with Crippen LogP contribution in [-0.2, 0) is 0 Å². The summed E-state index contributed by atoms with van der Waals surface area (Å²) in [4.78, 5) is 4.87. The predicted octanol–water partition coefficient (Wildman–Crippen LogP) is 1.81. The van der Waals surface area contributed by atoms with E-state index in [0.717, 1.165) is 43.3 Å². The van der Waals surface area contributed by atoms with Gasteiger partial charge in [-0.1, -0.05) is 6.92 Å². The van der Waals surface area contributed by atoms with Crippen LogP contribution in [0.2, 0.25) is 0 Å². The number of anilines is 2. The Morgan fingerprint density at radius 1 is 1.22 bits per heavy atom. The van der Waals surface area contributed by atoms with Gasteiger partial charge in [0.2, 0.25) is 0 Å². The standard InChI is InChI=1S/C14H23N3O/c1-3-6-16-7-9-17(10-8-16)13-11-12(15)4-5-14(13)18-2/h4-5,11H,3,6-10,15H2,1-2H3. The summed E-state index contributed by atoms with van der Waals surface area (Å²) >= 11 is 0. The molecule has 4 heteroatoms. The van der Waals surface area contributed by atoms with Crippen molar-refractivity contribution in [3.63, 3.8) is 0 Å². The minimum atomic E-state index is 0.793. The second kappa shape index (κ2) is 5.96. The van der Waals surface area contributed by atoms with Crippen LogP contribution >= 0.6 is 0 Å². The Bertz CT molecular complexity index is 387. The van der Waals surface area contributed by atoms with E-state index in [-0.39, 0.29) is 0 Å². The molecule has 4 nitrogen and oxygen atoms in total. The Morgan fingerprint density at radius 2 is 1.94 bits per heavy atom. The third kappa shape index (κ3) is 2.88. The summed E-state index contributed by atoms with van der Waals surface area (Å²) in [5, 5.41) is 0. The van der Waals surface area contributed by atoms with Crippen LogP contribution < -0.4 is 15.4 Å². The number of benzene rings is 1. The molecule has 0 amide bonds. The van der Waals surface area contributed by atoms with Gasteiger partial charge in [0.25, 0.3) is 0 Å². The lowest BCUT2D eigenvalue weighted by atomic mass is 10.2. The highest BCUT2D eigenvalue weighted by atomic mass is 16.5. The number of methoxy groups -OCH3 is 1. The molecule has 0 radical (unpaired) electrons. The van der Waals surface area contributed by atoms with Gasteiger partial charge in [-0.15, -0.1) is 0 Å². The summed E-state index contributed by atoms with van der Waals surface area (Å²) < 4.78 is 5.42. The van der Waals surface area contributed by atoms with Crippen LogP contribution in [0.1, 0.15) is 13.3 Å². The molecule has 0 saturated carbocycles. The van der Waals surface area contributed by atoms with E-state index in [4.69, 9.17) is 10.5 Å². The van der Waals surface area contributed by atoms with Crippen LogP contribution in [0.4, 0.5) is 11.4 Å². The average molecular weight is 249 g/mol. The summed E-state index contributed by atoms with van der Waals surface area (Å²) in [6, 6.07) is 5.84. The van der Waals surface area contributed by atoms with Crippen molar-refractivity contribution >= 4 is 11.4 Å². The molecule has 1 aliphatic heterocycles. The lowest BCUT2D eigenvalue weighted by Gasteiger charge is -2.36. The molecule has 0 aromatic heterocycles. The molecule has 2 N–H and O–H groups in total. The zero-order valence-electron chi connectivity index (χ0n) is 11.4. The first-order valence-electron chi connectivity index (χ1n) is 6.65. The molecule has 100 valence electrons. The maximum absolute atomic E-state index is 5.87. The Morgan fingerprint density at radius 3 is 2.56 bits per heavy atom. The van der Waals surface area contributed by atoms with Crippen LogP contribution in [0.25, 0.3) is 0 Å². The maximum atomic E-state index is 5.87. The van der Waals surface area contributed by atoms with Gasteiger partial charge >= 0.3 is 0 Å². The fourth-order valence-corrected chi connectivity index (χ4v) is 2.48. The molecule has 1 aromatic carbocycles. The van der Waals surface area contributed by atoms with Crippen molar-refractivity contribution in [2.45, 2.75) is 13.3 Å². The highest BCUT2D eigenvalue weighted by molar-refractivity contribution is 5.65. The monoisotopic (exact) mass is 249 g/mol. The van der Waals surface area contributed by atoms with Crippen molar-refractivity contribution < 1.29 is 4.74 Å². The molecule has 2 rings (SSSR count). The molecule has 1 aliphatic rings. The first-order valence-corrected chi connectivity index (χ1v) is 6.65. The first kappa shape index (κ1) is 13.0. The second-order valence-electron chi connectivity index (χ2n) is 4.76. The van der Waals surface area contributed by atoms with E-state index in [1.165, 1.54) is 13.0 Å². The third-order valence-corrected chi connectivity index (χ3v) is 3.46. The average Bonchev–Trinajstić information content (AvgIpc) is 2.40. The molecule has 0 spiro atoms. The molecular weight excluding hydrogens is 226 g/mol. The fraction of sp³-hybridized carbons (Fsp3) is 0.571. The van der Waals surface area contributed by atoms with E-state index in [2.05, 4.69) is 16.7 Å². The summed E-state index contributed by atoms with van der Waals surface area (Å²) in [5.74, 6) is 0.910. The van der Waals surface area contributed by atoms with Crippen LogP contribution in [0.5, 0.6) is 5.75 Å². The molecule has 0 atom stereocenters. The fourth-order valence-electron chi connectivity index (χ4n) is 2.48. The Labute approximate surface area is 109 Å². The molecule has 1 aromatic rings.